The van der Waals surface area contributed by atoms with Crippen molar-refractivity contribution in [3.8, 4) is 12.1 Å². The Morgan fingerprint density at radius 2 is 1.76 bits per heavy atom. The summed E-state index contributed by atoms with van der Waals surface area (Å²) in [4.78, 5) is 27.5. The Labute approximate surface area is 193 Å². The maximum Gasteiger partial charge on any atom is 0.254 e. The van der Waals surface area contributed by atoms with Crippen LogP contribution in [0.5, 0.6) is 0 Å². The normalized spacial score (nSPS) is 16.6. The van der Waals surface area contributed by atoms with Gasteiger partial charge in [-0.1, -0.05) is 0 Å². The molecule has 10 heteroatoms. The first-order valence-electron chi connectivity index (χ1n) is 10.8. The van der Waals surface area contributed by atoms with Gasteiger partial charge >= 0.3 is 0 Å². The fraction of sp³-hybridized carbons (Fsp3) is 0.478. The molecule has 10 nitrogen and oxygen atoms in total. The zero-order chi connectivity index (χ0) is 24.4. The third-order valence-corrected chi connectivity index (χ3v) is 5.71. The fourth-order valence-electron chi connectivity index (χ4n) is 3.49. The van der Waals surface area contributed by atoms with Gasteiger partial charge in [-0.05, 0) is 52.7 Å². The van der Waals surface area contributed by atoms with Gasteiger partial charge in [0.2, 0.25) is 5.95 Å². The van der Waals surface area contributed by atoms with E-state index in [1.165, 1.54) is 6.20 Å². The number of nitrogens with two attached hydrogens (primary N) is 2. The Morgan fingerprint density at radius 1 is 1.15 bits per heavy atom. The van der Waals surface area contributed by atoms with Crippen molar-refractivity contribution in [2.45, 2.75) is 57.4 Å². The maximum atomic E-state index is 12.1. The van der Waals surface area contributed by atoms with Gasteiger partial charge in [0.1, 0.15) is 11.4 Å². The van der Waals surface area contributed by atoms with Gasteiger partial charge in [-0.2, -0.15) is 15.5 Å². The van der Waals surface area contributed by atoms with Gasteiger partial charge in [-0.15, -0.1) is 0 Å². The molecule has 3 heterocycles. The minimum absolute atomic E-state index is 0.0290. The molecule has 0 aromatic carbocycles. The van der Waals surface area contributed by atoms with E-state index in [0.717, 1.165) is 19.4 Å². The largest absolute Gasteiger partial charge is 0.365 e. The van der Waals surface area contributed by atoms with Gasteiger partial charge in [0.05, 0.1) is 34.4 Å². The highest BCUT2D eigenvalue weighted by molar-refractivity contribution is 5.98. The molecule has 172 valence electrons. The number of pyridine rings is 1. The summed E-state index contributed by atoms with van der Waals surface area (Å²) < 4.78 is 0. The first kappa shape index (κ1) is 23.9. The molecule has 5 N–H and O–H groups in total. The summed E-state index contributed by atoms with van der Waals surface area (Å²) in [5.41, 5.74) is 11.5. The van der Waals surface area contributed by atoms with Crippen LogP contribution in [-0.4, -0.2) is 40.0 Å². The third kappa shape index (κ3) is 5.18. The van der Waals surface area contributed by atoms with E-state index in [9.17, 15) is 15.3 Å². The van der Waals surface area contributed by atoms with Crippen molar-refractivity contribution >= 4 is 23.4 Å². The van der Waals surface area contributed by atoms with Crippen molar-refractivity contribution in [1.82, 2.24) is 15.0 Å². The smallest absolute Gasteiger partial charge is 0.254 e. The molecule has 1 amide bonds. The Hall–Kier alpha value is -3.76. The number of nitrogens with one attached hydrogen (secondary N) is 1. The highest BCUT2D eigenvalue weighted by atomic mass is 16.1. The molecule has 0 unspecified atom stereocenters. The van der Waals surface area contributed by atoms with Crippen LogP contribution in [0, 0.1) is 22.7 Å². The van der Waals surface area contributed by atoms with Crippen molar-refractivity contribution in [3.63, 3.8) is 0 Å². The topological polar surface area (TPSA) is 171 Å². The van der Waals surface area contributed by atoms with Crippen molar-refractivity contribution in [1.29, 1.82) is 10.5 Å². The molecule has 1 atom stereocenters. The summed E-state index contributed by atoms with van der Waals surface area (Å²) in [5.74, 6) is 0.00439. The molecule has 2 aromatic heterocycles. The van der Waals surface area contributed by atoms with Crippen molar-refractivity contribution in [3.05, 3.63) is 35.3 Å². The van der Waals surface area contributed by atoms with Crippen molar-refractivity contribution in [2.75, 3.05) is 23.3 Å². The Balaban J connectivity index is 2.09. The van der Waals surface area contributed by atoms with E-state index < -0.39 is 16.7 Å². The highest BCUT2D eigenvalue weighted by Gasteiger charge is 2.28. The summed E-state index contributed by atoms with van der Waals surface area (Å²) in [6.45, 7) is 8.38. The van der Waals surface area contributed by atoms with Gasteiger partial charge in [-0.25, -0.2) is 4.98 Å². The monoisotopic (exact) mass is 447 g/mol. The van der Waals surface area contributed by atoms with Crippen LogP contribution in [0.25, 0.3) is 0 Å². The Morgan fingerprint density at radius 3 is 2.27 bits per heavy atom. The number of primary amides is 1. The van der Waals surface area contributed by atoms with Crippen LogP contribution in [-0.2, 0) is 10.8 Å². The Kier molecular flexibility index (Phi) is 6.52. The van der Waals surface area contributed by atoms with Crippen LogP contribution >= 0.6 is 0 Å². The number of nitriles is 2. The van der Waals surface area contributed by atoms with E-state index in [-0.39, 0.29) is 17.4 Å². The predicted molar refractivity (Wildman–Crippen MR) is 125 cm³/mol. The lowest BCUT2D eigenvalue weighted by molar-refractivity contribution is 0.100. The second-order valence-electron chi connectivity index (χ2n) is 9.37. The first-order chi connectivity index (χ1) is 15.5. The van der Waals surface area contributed by atoms with E-state index in [1.54, 1.807) is 39.8 Å². The van der Waals surface area contributed by atoms with E-state index in [0.29, 0.717) is 29.6 Å². The van der Waals surface area contributed by atoms with E-state index in [4.69, 9.17) is 11.5 Å². The van der Waals surface area contributed by atoms with Crippen LogP contribution in [0.1, 0.15) is 62.3 Å². The standard InChI is InChI=1S/C23H29N9O/c1-22(2,12-24)17-8-15(9-18(30-17)23(3,4)13-25)29-20-16(19(27)33)10-28-21(31-20)32-7-5-6-14(26)11-32/h8-10,14H,5-7,11,26H2,1-4H3,(H2,27,33)(H,28,29,30,31)/t14-/m0/s1. The number of hydrogen-bond acceptors (Lipinski definition) is 9. The van der Waals surface area contributed by atoms with E-state index in [1.807, 2.05) is 4.90 Å². The number of aromatic nitrogens is 3. The predicted octanol–water partition coefficient (Wildman–Crippen LogP) is 2.24. The van der Waals surface area contributed by atoms with Gasteiger partial charge in [-0.3, -0.25) is 9.78 Å². The lowest BCUT2D eigenvalue weighted by atomic mass is 9.86. The van der Waals surface area contributed by atoms with Crippen molar-refractivity contribution in [2.24, 2.45) is 11.5 Å². The molecule has 1 fully saturated rings. The molecule has 2 aromatic rings. The second-order valence-corrected chi connectivity index (χ2v) is 9.37. The molecule has 33 heavy (non-hydrogen) atoms. The van der Waals surface area contributed by atoms with E-state index in [2.05, 4.69) is 32.4 Å². The molecule has 3 rings (SSSR count). The molecule has 0 radical (unpaired) electrons. The number of carbonyl (C=O) groups excluding carboxylic acids is 1. The average Bonchev–Trinajstić information content (AvgIpc) is 2.78. The zero-order valence-electron chi connectivity index (χ0n) is 19.4. The molecular formula is C23H29N9O. The van der Waals surface area contributed by atoms with Crippen LogP contribution in [0.15, 0.2) is 18.3 Å². The third-order valence-electron chi connectivity index (χ3n) is 5.71. The lowest BCUT2D eigenvalue weighted by Crippen LogP contribution is -2.43. The van der Waals surface area contributed by atoms with E-state index >= 15 is 0 Å². The first-order valence-corrected chi connectivity index (χ1v) is 10.8. The SMILES string of the molecule is CC(C)(C#N)c1cc(Nc2nc(N3CCC[C@H](N)C3)ncc2C(N)=O)cc(C(C)(C)C#N)n1. The summed E-state index contributed by atoms with van der Waals surface area (Å²) in [7, 11) is 0. The van der Waals surface area contributed by atoms with Gasteiger partial charge in [0.15, 0.2) is 0 Å². The summed E-state index contributed by atoms with van der Waals surface area (Å²) >= 11 is 0. The quantitative estimate of drug-likeness (QED) is 0.600. The number of amides is 1. The number of rotatable bonds is 6. The lowest BCUT2D eigenvalue weighted by Gasteiger charge is -2.31. The van der Waals surface area contributed by atoms with Crippen LogP contribution in [0.4, 0.5) is 17.5 Å². The highest BCUT2D eigenvalue weighted by Crippen LogP contribution is 2.31. The molecule has 0 saturated carbocycles. The summed E-state index contributed by atoms with van der Waals surface area (Å²) in [6, 6.07) is 7.93. The van der Waals surface area contributed by atoms with Gasteiger partial charge < -0.3 is 21.7 Å². The molecular weight excluding hydrogens is 418 g/mol. The molecule has 0 aliphatic carbocycles. The number of carbonyl (C=O) groups is 1. The van der Waals surface area contributed by atoms with Crippen LogP contribution < -0.4 is 21.7 Å². The zero-order valence-corrected chi connectivity index (χ0v) is 19.4. The second kappa shape index (κ2) is 9.00. The van der Waals surface area contributed by atoms with Crippen molar-refractivity contribution < 1.29 is 4.79 Å². The number of nitrogens with zero attached hydrogens (tertiary/aromatic N) is 6. The Bertz CT molecular complexity index is 1100. The average molecular weight is 448 g/mol. The molecule has 0 spiro atoms. The summed E-state index contributed by atoms with van der Waals surface area (Å²) in [6.07, 6.45) is 3.26. The van der Waals surface area contributed by atoms with Gasteiger partial charge in [0.25, 0.3) is 5.91 Å². The number of piperidine rings is 1. The van der Waals surface area contributed by atoms with Crippen LogP contribution in [0.3, 0.4) is 0 Å². The number of hydrogen-bond donors (Lipinski definition) is 3. The van der Waals surface area contributed by atoms with Crippen LogP contribution in [0.2, 0.25) is 0 Å². The fourth-order valence-corrected chi connectivity index (χ4v) is 3.49. The molecule has 1 aliphatic heterocycles. The molecule has 1 saturated heterocycles. The summed E-state index contributed by atoms with van der Waals surface area (Å²) in [5, 5.41) is 22.4. The minimum atomic E-state index is -0.898. The maximum absolute atomic E-state index is 12.1. The molecule has 0 bridgehead atoms. The molecule has 1 aliphatic rings. The van der Waals surface area contributed by atoms with Gasteiger partial charge in [0, 0.05) is 31.0 Å². The number of anilines is 3. The minimum Gasteiger partial charge on any atom is -0.365 e.